The van der Waals surface area contributed by atoms with Crippen LogP contribution in [0.3, 0.4) is 0 Å². The summed E-state index contributed by atoms with van der Waals surface area (Å²) >= 11 is 0. The van der Waals surface area contributed by atoms with Crippen molar-refractivity contribution in [3.63, 3.8) is 0 Å². The van der Waals surface area contributed by atoms with Gasteiger partial charge in [0.15, 0.2) is 0 Å². The normalized spacial score (nSPS) is 20.8. The van der Waals surface area contributed by atoms with Crippen molar-refractivity contribution >= 4 is 5.69 Å². The Balaban J connectivity index is 2.11. The standard InChI is InChI=1S/C15H23FN2O/c1-4-17-11(2)12-5-6-15(14(16)9-12)18-8-7-13(10-18)19-3/h5-6,9,11,13,17H,4,7-8,10H2,1-3H3. The van der Waals surface area contributed by atoms with E-state index < -0.39 is 0 Å². The van der Waals surface area contributed by atoms with Gasteiger partial charge in [-0.1, -0.05) is 13.0 Å². The molecule has 0 amide bonds. The third-order valence-electron chi connectivity index (χ3n) is 3.80. The second kappa shape index (κ2) is 6.35. The van der Waals surface area contributed by atoms with Crippen LogP contribution in [0.15, 0.2) is 18.2 Å². The Kier molecular flexibility index (Phi) is 4.77. The molecule has 1 aliphatic rings. The van der Waals surface area contributed by atoms with Crippen molar-refractivity contribution in [3.05, 3.63) is 29.6 Å². The Labute approximate surface area is 114 Å². The fraction of sp³-hybridized carbons (Fsp3) is 0.600. The molecule has 0 aliphatic carbocycles. The molecule has 1 aromatic rings. The summed E-state index contributed by atoms with van der Waals surface area (Å²) in [5.74, 6) is -0.140. The summed E-state index contributed by atoms with van der Waals surface area (Å²) in [6.07, 6.45) is 1.19. The molecular formula is C15H23FN2O. The van der Waals surface area contributed by atoms with Crippen molar-refractivity contribution < 1.29 is 9.13 Å². The summed E-state index contributed by atoms with van der Waals surface area (Å²) in [7, 11) is 1.71. The maximum Gasteiger partial charge on any atom is 0.146 e. The van der Waals surface area contributed by atoms with Crippen LogP contribution in [0.25, 0.3) is 0 Å². The van der Waals surface area contributed by atoms with E-state index in [4.69, 9.17) is 4.74 Å². The molecule has 3 nitrogen and oxygen atoms in total. The van der Waals surface area contributed by atoms with Crippen LogP contribution in [-0.2, 0) is 4.74 Å². The molecule has 2 unspecified atom stereocenters. The topological polar surface area (TPSA) is 24.5 Å². The highest BCUT2D eigenvalue weighted by atomic mass is 19.1. The maximum atomic E-state index is 14.2. The first kappa shape index (κ1) is 14.3. The lowest BCUT2D eigenvalue weighted by molar-refractivity contribution is 0.121. The molecule has 0 saturated carbocycles. The third kappa shape index (κ3) is 3.25. The number of nitrogens with one attached hydrogen (secondary N) is 1. The zero-order valence-corrected chi connectivity index (χ0v) is 11.9. The molecule has 4 heteroatoms. The minimum absolute atomic E-state index is 0.140. The first-order valence-corrected chi connectivity index (χ1v) is 6.96. The van der Waals surface area contributed by atoms with Crippen LogP contribution in [0.5, 0.6) is 0 Å². The van der Waals surface area contributed by atoms with E-state index in [2.05, 4.69) is 24.1 Å². The van der Waals surface area contributed by atoms with Gasteiger partial charge in [-0.2, -0.15) is 0 Å². The Bertz CT molecular complexity index is 425. The van der Waals surface area contributed by atoms with Gasteiger partial charge in [0.2, 0.25) is 0 Å². The lowest BCUT2D eigenvalue weighted by Gasteiger charge is -2.21. The van der Waals surface area contributed by atoms with Gasteiger partial charge in [-0.15, -0.1) is 0 Å². The van der Waals surface area contributed by atoms with E-state index in [-0.39, 0.29) is 18.0 Å². The summed E-state index contributed by atoms with van der Waals surface area (Å²) in [4.78, 5) is 2.06. The Morgan fingerprint density at radius 1 is 1.53 bits per heavy atom. The number of anilines is 1. The van der Waals surface area contributed by atoms with E-state index in [1.807, 2.05) is 12.1 Å². The van der Waals surface area contributed by atoms with E-state index in [1.54, 1.807) is 13.2 Å². The van der Waals surface area contributed by atoms with E-state index in [1.165, 1.54) is 0 Å². The number of rotatable bonds is 5. The van der Waals surface area contributed by atoms with Gasteiger partial charge in [-0.05, 0) is 37.6 Å². The maximum absolute atomic E-state index is 14.2. The third-order valence-corrected chi connectivity index (χ3v) is 3.80. The molecule has 1 heterocycles. The molecule has 0 radical (unpaired) electrons. The Morgan fingerprint density at radius 2 is 2.32 bits per heavy atom. The van der Waals surface area contributed by atoms with Gasteiger partial charge < -0.3 is 15.0 Å². The number of benzene rings is 1. The monoisotopic (exact) mass is 266 g/mol. The molecule has 106 valence electrons. The fourth-order valence-corrected chi connectivity index (χ4v) is 2.61. The predicted octanol–water partition coefficient (Wildman–Crippen LogP) is 2.72. The van der Waals surface area contributed by atoms with E-state index in [0.29, 0.717) is 5.69 Å². The molecule has 1 aliphatic heterocycles. The Morgan fingerprint density at radius 3 is 2.89 bits per heavy atom. The fourth-order valence-electron chi connectivity index (χ4n) is 2.61. The molecule has 0 aromatic heterocycles. The van der Waals surface area contributed by atoms with Crippen molar-refractivity contribution in [1.82, 2.24) is 5.32 Å². The molecule has 1 saturated heterocycles. The summed E-state index contributed by atoms with van der Waals surface area (Å²) in [5, 5.41) is 3.29. The highest BCUT2D eigenvalue weighted by Gasteiger charge is 2.24. The van der Waals surface area contributed by atoms with Crippen molar-refractivity contribution in [2.45, 2.75) is 32.4 Å². The predicted molar refractivity (Wildman–Crippen MR) is 76.1 cm³/mol. The number of nitrogens with zero attached hydrogens (tertiary/aromatic N) is 1. The molecule has 2 atom stereocenters. The average molecular weight is 266 g/mol. The average Bonchev–Trinajstić information content (AvgIpc) is 2.87. The zero-order chi connectivity index (χ0) is 13.8. The van der Waals surface area contributed by atoms with Crippen molar-refractivity contribution in [3.8, 4) is 0 Å². The summed E-state index contributed by atoms with van der Waals surface area (Å²) in [6, 6.07) is 5.71. The smallest absolute Gasteiger partial charge is 0.146 e. The van der Waals surface area contributed by atoms with E-state index >= 15 is 0 Å². The van der Waals surface area contributed by atoms with Crippen LogP contribution < -0.4 is 10.2 Å². The van der Waals surface area contributed by atoms with Gasteiger partial charge >= 0.3 is 0 Å². The molecule has 1 aromatic carbocycles. The quantitative estimate of drug-likeness (QED) is 0.887. The zero-order valence-electron chi connectivity index (χ0n) is 11.9. The summed E-state index contributed by atoms with van der Waals surface area (Å²) in [6.45, 7) is 6.62. The molecule has 0 spiro atoms. The second-order valence-corrected chi connectivity index (χ2v) is 5.08. The Hall–Kier alpha value is -1.13. The van der Waals surface area contributed by atoms with Crippen LogP contribution in [-0.4, -0.2) is 32.8 Å². The number of halogens is 1. The van der Waals surface area contributed by atoms with Crippen LogP contribution in [0.1, 0.15) is 31.9 Å². The van der Waals surface area contributed by atoms with Crippen molar-refractivity contribution in [2.75, 3.05) is 31.6 Å². The molecule has 1 fully saturated rings. The summed E-state index contributed by atoms with van der Waals surface area (Å²) < 4.78 is 19.5. The van der Waals surface area contributed by atoms with Crippen molar-refractivity contribution in [2.24, 2.45) is 0 Å². The molecule has 0 bridgehead atoms. The van der Waals surface area contributed by atoms with Crippen LogP contribution in [0.2, 0.25) is 0 Å². The SMILES string of the molecule is CCNC(C)c1ccc(N2CCC(OC)C2)c(F)c1. The molecule has 1 N–H and O–H groups in total. The molecular weight excluding hydrogens is 243 g/mol. The number of hydrogen-bond donors (Lipinski definition) is 1. The number of hydrogen-bond acceptors (Lipinski definition) is 3. The van der Waals surface area contributed by atoms with E-state index in [0.717, 1.165) is 31.6 Å². The van der Waals surface area contributed by atoms with E-state index in [9.17, 15) is 4.39 Å². The van der Waals surface area contributed by atoms with Crippen LogP contribution >= 0.6 is 0 Å². The van der Waals surface area contributed by atoms with Crippen LogP contribution in [0.4, 0.5) is 10.1 Å². The van der Waals surface area contributed by atoms with Gasteiger partial charge in [0.25, 0.3) is 0 Å². The molecule has 2 rings (SSSR count). The second-order valence-electron chi connectivity index (χ2n) is 5.08. The largest absolute Gasteiger partial charge is 0.380 e. The van der Waals surface area contributed by atoms with Gasteiger partial charge in [-0.3, -0.25) is 0 Å². The summed E-state index contributed by atoms with van der Waals surface area (Å²) in [5.41, 5.74) is 1.68. The lowest BCUT2D eigenvalue weighted by Crippen LogP contribution is -2.23. The highest BCUT2D eigenvalue weighted by molar-refractivity contribution is 5.50. The van der Waals surface area contributed by atoms with Crippen LogP contribution in [0, 0.1) is 5.82 Å². The van der Waals surface area contributed by atoms with Gasteiger partial charge in [0, 0.05) is 26.2 Å². The van der Waals surface area contributed by atoms with Gasteiger partial charge in [0.05, 0.1) is 11.8 Å². The first-order chi connectivity index (χ1) is 9.15. The van der Waals surface area contributed by atoms with Gasteiger partial charge in [0.1, 0.15) is 5.82 Å². The first-order valence-electron chi connectivity index (χ1n) is 6.96. The van der Waals surface area contributed by atoms with Gasteiger partial charge in [-0.25, -0.2) is 4.39 Å². The minimum Gasteiger partial charge on any atom is -0.380 e. The highest BCUT2D eigenvalue weighted by Crippen LogP contribution is 2.27. The minimum atomic E-state index is -0.140. The molecule has 19 heavy (non-hydrogen) atoms. The lowest BCUT2D eigenvalue weighted by atomic mass is 10.1. The number of ether oxygens (including phenoxy) is 1. The van der Waals surface area contributed by atoms with Crippen molar-refractivity contribution in [1.29, 1.82) is 0 Å². The number of methoxy groups -OCH3 is 1.